The van der Waals surface area contributed by atoms with E-state index in [1.165, 1.54) is 78.3 Å². The van der Waals surface area contributed by atoms with Crippen LogP contribution in [0.1, 0.15) is 58.3 Å². The van der Waals surface area contributed by atoms with Gasteiger partial charge in [-0.15, -0.1) is 0 Å². The van der Waals surface area contributed by atoms with Crippen LogP contribution in [0.25, 0.3) is 33.4 Å². The van der Waals surface area contributed by atoms with Crippen LogP contribution in [0.5, 0.6) is 5.75 Å². The van der Waals surface area contributed by atoms with E-state index in [0.717, 1.165) is 18.8 Å². The van der Waals surface area contributed by atoms with Gasteiger partial charge in [0.25, 0.3) is 0 Å². The fourth-order valence-electron chi connectivity index (χ4n) is 4.51. The van der Waals surface area contributed by atoms with Gasteiger partial charge in [0.05, 0.1) is 6.61 Å². The zero-order chi connectivity index (χ0) is 24.1. The summed E-state index contributed by atoms with van der Waals surface area (Å²) in [4.78, 5) is 0. The number of benzene rings is 4. The van der Waals surface area contributed by atoms with Crippen LogP contribution in [0.2, 0.25) is 0 Å². The van der Waals surface area contributed by atoms with Crippen molar-refractivity contribution in [3.05, 3.63) is 103 Å². The molecule has 1 nitrogen and oxygen atoms in total. The van der Waals surface area contributed by atoms with E-state index in [4.69, 9.17) is 4.74 Å². The molecule has 180 valence electrons. The topological polar surface area (TPSA) is 9.23 Å². The summed E-state index contributed by atoms with van der Waals surface area (Å²) in [5, 5.41) is 0. The molecule has 0 unspecified atom stereocenters. The van der Waals surface area contributed by atoms with E-state index in [9.17, 15) is 0 Å². The van der Waals surface area contributed by atoms with Crippen LogP contribution in [-0.2, 0) is 0 Å². The van der Waals surface area contributed by atoms with Gasteiger partial charge in [-0.25, -0.2) is 0 Å². The van der Waals surface area contributed by atoms with Crippen molar-refractivity contribution < 1.29 is 4.74 Å². The molecular weight excluding hydrogens is 424 g/mol. The molecule has 0 atom stereocenters. The lowest BCUT2D eigenvalue weighted by molar-refractivity contribution is 0.304. The molecule has 0 N–H and O–H groups in total. The molecule has 0 aliphatic carbocycles. The maximum Gasteiger partial charge on any atom is 0.119 e. The maximum atomic E-state index is 5.96. The van der Waals surface area contributed by atoms with Crippen LogP contribution in [0.15, 0.2) is 103 Å². The highest BCUT2D eigenvalue weighted by atomic mass is 16.5. The summed E-state index contributed by atoms with van der Waals surface area (Å²) >= 11 is 0. The maximum absolute atomic E-state index is 5.96. The number of unbranched alkanes of at least 4 members (excludes halogenated alkanes) is 7. The Morgan fingerprint density at radius 1 is 0.400 bits per heavy atom. The first-order chi connectivity index (χ1) is 17.3. The van der Waals surface area contributed by atoms with Gasteiger partial charge in [0.1, 0.15) is 5.75 Å². The molecule has 4 aromatic carbocycles. The van der Waals surface area contributed by atoms with Crippen LogP contribution in [-0.4, -0.2) is 6.61 Å². The van der Waals surface area contributed by atoms with Gasteiger partial charge in [0, 0.05) is 0 Å². The van der Waals surface area contributed by atoms with Crippen molar-refractivity contribution in [2.45, 2.75) is 58.3 Å². The summed E-state index contributed by atoms with van der Waals surface area (Å²) in [6.07, 6.45) is 10.6. The molecule has 1 heteroatoms. The quantitative estimate of drug-likeness (QED) is 0.180. The van der Waals surface area contributed by atoms with Crippen molar-refractivity contribution in [2.24, 2.45) is 0 Å². The average Bonchev–Trinajstić information content (AvgIpc) is 2.93. The van der Waals surface area contributed by atoms with Crippen LogP contribution in [0.3, 0.4) is 0 Å². The molecule has 0 fully saturated rings. The molecule has 0 aliphatic heterocycles. The summed E-state index contributed by atoms with van der Waals surface area (Å²) in [5.41, 5.74) is 7.41. The summed E-state index contributed by atoms with van der Waals surface area (Å²) < 4.78 is 5.96. The third kappa shape index (κ3) is 7.59. The second kappa shape index (κ2) is 13.5. The van der Waals surface area contributed by atoms with Crippen molar-refractivity contribution in [1.29, 1.82) is 0 Å². The monoisotopic (exact) mass is 462 g/mol. The van der Waals surface area contributed by atoms with E-state index in [2.05, 4.69) is 110 Å². The number of hydrogen-bond acceptors (Lipinski definition) is 1. The van der Waals surface area contributed by atoms with E-state index in [1.807, 2.05) is 0 Å². The molecule has 0 amide bonds. The van der Waals surface area contributed by atoms with Gasteiger partial charge in [0.15, 0.2) is 0 Å². The van der Waals surface area contributed by atoms with E-state index in [1.54, 1.807) is 0 Å². The molecule has 4 aromatic rings. The first-order valence-electron chi connectivity index (χ1n) is 13.3. The normalized spacial score (nSPS) is 10.9. The SMILES string of the molecule is CCCCCCCCCCOc1ccc(-c2ccc(-c3ccc(-c4ccccc4)cc3)cc2)cc1. The average molecular weight is 463 g/mol. The lowest BCUT2D eigenvalue weighted by atomic mass is 9.98. The molecule has 0 aliphatic rings. The highest BCUT2D eigenvalue weighted by Gasteiger charge is 2.03. The Morgan fingerprint density at radius 2 is 0.771 bits per heavy atom. The van der Waals surface area contributed by atoms with Crippen molar-refractivity contribution in [3.63, 3.8) is 0 Å². The smallest absolute Gasteiger partial charge is 0.119 e. The Kier molecular flexibility index (Phi) is 9.59. The first-order valence-corrected chi connectivity index (χ1v) is 13.3. The molecule has 0 heterocycles. The van der Waals surface area contributed by atoms with Gasteiger partial charge >= 0.3 is 0 Å². The summed E-state index contributed by atoms with van der Waals surface area (Å²) in [5.74, 6) is 0.965. The number of rotatable bonds is 13. The fourth-order valence-corrected chi connectivity index (χ4v) is 4.51. The highest BCUT2D eigenvalue weighted by molar-refractivity contribution is 5.73. The molecule has 0 spiro atoms. The zero-order valence-electron chi connectivity index (χ0n) is 21.1. The zero-order valence-corrected chi connectivity index (χ0v) is 21.1. The molecule has 35 heavy (non-hydrogen) atoms. The standard InChI is InChI=1S/C34H38O/c1-2-3-4-5-6-7-8-12-27-35-34-25-23-33(24-26-34)32-21-19-31(20-22-32)30-17-15-29(16-18-30)28-13-10-9-11-14-28/h9-11,13-26H,2-8,12,27H2,1H3. The largest absolute Gasteiger partial charge is 0.494 e. The Hall–Kier alpha value is -3.32. The van der Waals surface area contributed by atoms with Gasteiger partial charge in [-0.05, 0) is 51.9 Å². The molecule has 0 aromatic heterocycles. The predicted molar refractivity (Wildman–Crippen MR) is 151 cm³/mol. The van der Waals surface area contributed by atoms with Crippen molar-refractivity contribution >= 4 is 0 Å². The minimum Gasteiger partial charge on any atom is -0.494 e. The third-order valence-corrected chi connectivity index (χ3v) is 6.66. The number of ether oxygens (including phenoxy) is 1. The van der Waals surface area contributed by atoms with Crippen LogP contribution < -0.4 is 4.74 Å². The summed E-state index contributed by atoms with van der Waals surface area (Å²) in [6.45, 7) is 3.08. The van der Waals surface area contributed by atoms with Gasteiger partial charge in [-0.2, -0.15) is 0 Å². The van der Waals surface area contributed by atoms with E-state index in [-0.39, 0.29) is 0 Å². The first kappa shape index (κ1) is 24.8. The molecule has 4 rings (SSSR count). The van der Waals surface area contributed by atoms with Crippen molar-refractivity contribution in [1.82, 2.24) is 0 Å². The Bertz CT molecular complexity index is 1110. The van der Waals surface area contributed by atoms with E-state index >= 15 is 0 Å². The van der Waals surface area contributed by atoms with Gasteiger partial charge in [-0.1, -0.05) is 143 Å². The molecule has 0 saturated carbocycles. The van der Waals surface area contributed by atoms with Crippen LogP contribution in [0.4, 0.5) is 0 Å². The lowest BCUT2D eigenvalue weighted by Gasteiger charge is -2.09. The molecule has 0 bridgehead atoms. The van der Waals surface area contributed by atoms with Crippen molar-refractivity contribution in [2.75, 3.05) is 6.61 Å². The minimum atomic E-state index is 0.812. The van der Waals surface area contributed by atoms with Crippen LogP contribution >= 0.6 is 0 Å². The second-order valence-electron chi connectivity index (χ2n) is 9.37. The van der Waals surface area contributed by atoms with Gasteiger partial charge in [-0.3, -0.25) is 0 Å². The molecule has 0 radical (unpaired) electrons. The highest BCUT2D eigenvalue weighted by Crippen LogP contribution is 2.28. The molecular formula is C34H38O. The fraction of sp³-hybridized carbons (Fsp3) is 0.294. The minimum absolute atomic E-state index is 0.812. The van der Waals surface area contributed by atoms with E-state index in [0.29, 0.717) is 0 Å². The Morgan fingerprint density at radius 3 is 1.23 bits per heavy atom. The van der Waals surface area contributed by atoms with Gasteiger partial charge in [0.2, 0.25) is 0 Å². The van der Waals surface area contributed by atoms with Gasteiger partial charge < -0.3 is 4.74 Å². The lowest BCUT2D eigenvalue weighted by Crippen LogP contribution is -1.97. The van der Waals surface area contributed by atoms with Crippen molar-refractivity contribution in [3.8, 4) is 39.1 Å². The molecule has 0 saturated heterocycles. The summed E-state index contributed by atoms with van der Waals surface area (Å²) in [7, 11) is 0. The Balaban J connectivity index is 1.25. The Labute approximate surface area is 211 Å². The van der Waals surface area contributed by atoms with Crippen LogP contribution in [0, 0.1) is 0 Å². The third-order valence-electron chi connectivity index (χ3n) is 6.66. The van der Waals surface area contributed by atoms with E-state index < -0.39 is 0 Å². The predicted octanol–water partition coefficient (Wildman–Crippen LogP) is 10.2. The summed E-state index contributed by atoms with van der Waals surface area (Å²) in [6, 6.07) is 36.7. The second-order valence-corrected chi connectivity index (χ2v) is 9.37. The number of hydrogen-bond donors (Lipinski definition) is 0.